The minimum absolute atomic E-state index is 0.0433. The van der Waals surface area contributed by atoms with Crippen molar-refractivity contribution in [3.8, 4) is 0 Å². The van der Waals surface area contributed by atoms with Crippen LogP contribution in [0.4, 0.5) is 0 Å². The number of hydrogen-bond acceptors (Lipinski definition) is 3. The van der Waals surface area contributed by atoms with Crippen LogP contribution >= 0.6 is 11.8 Å². The van der Waals surface area contributed by atoms with Crippen LogP contribution in [0.15, 0.2) is 11.0 Å². The van der Waals surface area contributed by atoms with Gasteiger partial charge in [-0.25, -0.2) is 4.79 Å². The third-order valence-electron chi connectivity index (χ3n) is 2.36. The maximum Gasteiger partial charge on any atom is 0.344 e. The Bertz CT molecular complexity index is 223. The molecule has 14 heavy (non-hydrogen) atoms. The highest BCUT2D eigenvalue weighted by molar-refractivity contribution is 8.03. The smallest absolute Gasteiger partial charge is 0.344 e. The number of carbonyl (C=O) groups is 1. The zero-order valence-corrected chi connectivity index (χ0v) is 9.73. The van der Waals surface area contributed by atoms with Crippen LogP contribution in [0.3, 0.4) is 0 Å². The van der Waals surface area contributed by atoms with Crippen molar-refractivity contribution in [3.05, 3.63) is 11.0 Å². The van der Waals surface area contributed by atoms with Crippen molar-refractivity contribution in [1.29, 1.82) is 0 Å². The molecule has 0 bridgehead atoms. The molecule has 1 aliphatic rings. The predicted molar refractivity (Wildman–Crippen MR) is 60.2 cm³/mol. The SMILES string of the molecule is CCCCCCC1C=C(SC)C(=O)O1. The Labute approximate surface area is 90.1 Å². The quantitative estimate of drug-likeness (QED) is 0.502. The Morgan fingerprint density at radius 1 is 1.43 bits per heavy atom. The summed E-state index contributed by atoms with van der Waals surface area (Å²) in [7, 11) is 0. The molecule has 1 aliphatic heterocycles. The Hall–Kier alpha value is -0.440. The first-order valence-corrected chi connectivity index (χ1v) is 6.47. The molecular formula is C11H18O2S. The number of cyclic esters (lactones) is 1. The van der Waals surface area contributed by atoms with E-state index in [1.807, 2.05) is 12.3 Å². The average Bonchev–Trinajstić information content (AvgIpc) is 2.54. The summed E-state index contributed by atoms with van der Waals surface area (Å²) in [6.45, 7) is 2.20. The fraction of sp³-hybridized carbons (Fsp3) is 0.727. The van der Waals surface area contributed by atoms with Crippen LogP contribution in [0.5, 0.6) is 0 Å². The molecule has 0 amide bonds. The molecule has 0 saturated carbocycles. The van der Waals surface area contributed by atoms with E-state index in [0.29, 0.717) is 0 Å². The summed E-state index contributed by atoms with van der Waals surface area (Å²) in [4.78, 5) is 12.0. The maximum atomic E-state index is 11.2. The number of hydrogen-bond donors (Lipinski definition) is 0. The van der Waals surface area contributed by atoms with Crippen LogP contribution < -0.4 is 0 Å². The van der Waals surface area contributed by atoms with Crippen LogP contribution in [-0.2, 0) is 9.53 Å². The van der Waals surface area contributed by atoms with E-state index in [-0.39, 0.29) is 12.1 Å². The number of carbonyl (C=O) groups excluding carboxylic acids is 1. The van der Waals surface area contributed by atoms with Crippen molar-refractivity contribution >= 4 is 17.7 Å². The van der Waals surface area contributed by atoms with Gasteiger partial charge in [0.2, 0.25) is 0 Å². The summed E-state index contributed by atoms with van der Waals surface area (Å²) in [6.07, 6.45) is 9.82. The normalized spacial score (nSPS) is 20.9. The Balaban J connectivity index is 2.21. The van der Waals surface area contributed by atoms with Crippen LogP contribution in [0.2, 0.25) is 0 Å². The maximum absolute atomic E-state index is 11.2. The number of esters is 1. The molecule has 1 atom stereocenters. The average molecular weight is 214 g/mol. The summed E-state index contributed by atoms with van der Waals surface area (Å²) in [5, 5.41) is 0. The summed E-state index contributed by atoms with van der Waals surface area (Å²) in [5.41, 5.74) is 0. The second-order valence-electron chi connectivity index (χ2n) is 3.53. The summed E-state index contributed by atoms with van der Waals surface area (Å²) >= 11 is 1.47. The largest absolute Gasteiger partial charge is 0.454 e. The van der Waals surface area contributed by atoms with Gasteiger partial charge in [-0.1, -0.05) is 26.2 Å². The monoisotopic (exact) mass is 214 g/mol. The fourth-order valence-corrected chi connectivity index (χ4v) is 2.04. The Kier molecular flexibility index (Phi) is 5.09. The summed E-state index contributed by atoms with van der Waals surface area (Å²) < 4.78 is 5.19. The molecule has 0 aliphatic carbocycles. The number of unbranched alkanes of at least 4 members (excludes halogenated alkanes) is 3. The first-order chi connectivity index (χ1) is 6.77. The van der Waals surface area contributed by atoms with E-state index in [2.05, 4.69) is 6.92 Å². The predicted octanol–water partition coefficient (Wildman–Crippen LogP) is 3.13. The van der Waals surface area contributed by atoms with Crippen LogP contribution in [-0.4, -0.2) is 18.3 Å². The summed E-state index contributed by atoms with van der Waals surface area (Å²) in [5.74, 6) is -0.141. The lowest BCUT2D eigenvalue weighted by Crippen LogP contribution is -2.07. The van der Waals surface area contributed by atoms with Gasteiger partial charge in [-0.3, -0.25) is 0 Å². The van der Waals surface area contributed by atoms with Gasteiger partial charge >= 0.3 is 5.97 Å². The molecular weight excluding hydrogens is 196 g/mol. The second-order valence-corrected chi connectivity index (χ2v) is 4.38. The van der Waals surface area contributed by atoms with Crippen molar-refractivity contribution in [1.82, 2.24) is 0 Å². The number of rotatable bonds is 6. The van der Waals surface area contributed by atoms with Crippen molar-refractivity contribution in [2.45, 2.75) is 45.1 Å². The van der Waals surface area contributed by atoms with E-state index in [1.54, 1.807) is 0 Å². The topological polar surface area (TPSA) is 26.3 Å². The molecule has 1 rings (SSSR count). The van der Waals surface area contributed by atoms with E-state index >= 15 is 0 Å². The van der Waals surface area contributed by atoms with E-state index < -0.39 is 0 Å². The molecule has 2 nitrogen and oxygen atoms in total. The third-order valence-corrected chi connectivity index (χ3v) is 3.10. The van der Waals surface area contributed by atoms with Gasteiger partial charge in [0.25, 0.3) is 0 Å². The van der Waals surface area contributed by atoms with Crippen molar-refractivity contribution < 1.29 is 9.53 Å². The molecule has 0 spiro atoms. The highest BCUT2D eigenvalue weighted by Crippen LogP contribution is 2.25. The highest BCUT2D eigenvalue weighted by atomic mass is 32.2. The first kappa shape index (κ1) is 11.6. The fourth-order valence-electron chi connectivity index (χ4n) is 1.53. The molecule has 0 aromatic rings. The van der Waals surface area contributed by atoms with Gasteiger partial charge in [-0.05, 0) is 25.2 Å². The van der Waals surface area contributed by atoms with Crippen LogP contribution in [0.25, 0.3) is 0 Å². The van der Waals surface area contributed by atoms with Gasteiger partial charge < -0.3 is 4.74 Å². The van der Waals surface area contributed by atoms with Gasteiger partial charge in [-0.15, -0.1) is 11.8 Å². The Morgan fingerprint density at radius 3 is 2.79 bits per heavy atom. The molecule has 1 unspecified atom stereocenters. The molecule has 0 aromatic heterocycles. The zero-order chi connectivity index (χ0) is 10.4. The lowest BCUT2D eigenvalue weighted by molar-refractivity contribution is -0.139. The second kappa shape index (κ2) is 6.12. The first-order valence-electron chi connectivity index (χ1n) is 5.24. The van der Waals surface area contributed by atoms with E-state index in [9.17, 15) is 4.79 Å². The molecule has 0 aromatic carbocycles. The molecule has 3 heteroatoms. The van der Waals surface area contributed by atoms with E-state index in [4.69, 9.17) is 4.74 Å². The van der Waals surface area contributed by atoms with Gasteiger partial charge in [0.1, 0.15) is 6.10 Å². The van der Waals surface area contributed by atoms with Crippen LogP contribution in [0, 0.1) is 0 Å². The molecule has 1 heterocycles. The zero-order valence-electron chi connectivity index (χ0n) is 8.91. The van der Waals surface area contributed by atoms with Gasteiger partial charge in [0.05, 0.1) is 4.91 Å². The van der Waals surface area contributed by atoms with Crippen molar-refractivity contribution in [2.24, 2.45) is 0 Å². The molecule has 0 radical (unpaired) electrons. The minimum atomic E-state index is -0.141. The van der Waals surface area contributed by atoms with Crippen molar-refractivity contribution in [3.63, 3.8) is 0 Å². The number of ether oxygens (including phenoxy) is 1. The molecule has 0 saturated heterocycles. The van der Waals surface area contributed by atoms with E-state index in [0.717, 1.165) is 17.7 Å². The summed E-state index contributed by atoms with van der Waals surface area (Å²) in [6, 6.07) is 0. The highest BCUT2D eigenvalue weighted by Gasteiger charge is 2.23. The standard InChI is InChI=1S/C11H18O2S/c1-3-4-5-6-7-9-8-10(14-2)11(12)13-9/h8-9H,3-7H2,1-2H3. The van der Waals surface area contributed by atoms with Crippen molar-refractivity contribution in [2.75, 3.05) is 6.26 Å². The molecule has 80 valence electrons. The molecule has 0 fully saturated rings. The van der Waals surface area contributed by atoms with E-state index in [1.165, 1.54) is 31.0 Å². The number of thioether (sulfide) groups is 1. The van der Waals surface area contributed by atoms with Gasteiger partial charge in [0, 0.05) is 0 Å². The van der Waals surface area contributed by atoms with Gasteiger partial charge in [0.15, 0.2) is 0 Å². The molecule has 0 N–H and O–H groups in total. The lowest BCUT2D eigenvalue weighted by atomic mass is 10.1. The third kappa shape index (κ3) is 3.37. The Morgan fingerprint density at radius 2 is 2.21 bits per heavy atom. The van der Waals surface area contributed by atoms with Gasteiger partial charge in [-0.2, -0.15) is 0 Å². The van der Waals surface area contributed by atoms with Crippen LogP contribution in [0.1, 0.15) is 39.0 Å². The minimum Gasteiger partial charge on any atom is -0.454 e. The lowest BCUT2D eigenvalue weighted by Gasteiger charge is -2.06.